The molecule has 2 atom stereocenters. The fraction of sp³-hybridized carbons (Fsp3) is 0.917. The molecule has 1 fully saturated rings. The smallest absolute Gasteiger partial charge is 0.228 e. The molecule has 1 heterocycles. The van der Waals surface area contributed by atoms with Gasteiger partial charge in [-0.2, -0.15) is 0 Å². The zero-order valence-electron chi connectivity index (χ0n) is 10.7. The fourth-order valence-electron chi connectivity index (χ4n) is 2.06. The Hall–Kier alpha value is -0.650. The summed E-state index contributed by atoms with van der Waals surface area (Å²) in [6, 6.07) is 0. The predicted molar refractivity (Wildman–Crippen MR) is 63.7 cm³/mol. The number of carbonyl (C=O) groups is 1. The molecule has 0 aliphatic carbocycles. The molecule has 5 nitrogen and oxygen atoms in total. The first-order valence-electron chi connectivity index (χ1n) is 6.29. The number of rotatable bonds is 7. The summed E-state index contributed by atoms with van der Waals surface area (Å²) in [5, 5.41) is 8.58. The number of nitrogens with zero attached hydrogens (tertiary/aromatic N) is 1. The topological polar surface area (TPSA) is 59.0 Å². The van der Waals surface area contributed by atoms with Gasteiger partial charge in [0.15, 0.2) is 0 Å². The molecular weight excluding hydrogens is 222 g/mol. The van der Waals surface area contributed by atoms with Crippen molar-refractivity contribution < 1.29 is 19.4 Å². The number of hydrogen-bond donors (Lipinski definition) is 1. The van der Waals surface area contributed by atoms with Gasteiger partial charge in [0.25, 0.3) is 0 Å². The van der Waals surface area contributed by atoms with Crippen LogP contribution < -0.4 is 0 Å². The van der Waals surface area contributed by atoms with Crippen LogP contribution in [0.4, 0.5) is 0 Å². The highest BCUT2D eigenvalue weighted by molar-refractivity contribution is 5.79. The van der Waals surface area contributed by atoms with Crippen molar-refractivity contribution in [3.63, 3.8) is 0 Å². The Morgan fingerprint density at radius 2 is 2.29 bits per heavy atom. The predicted octanol–water partition coefficient (Wildman–Crippen LogP) is 0.269. The van der Waals surface area contributed by atoms with Gasteiger partial charge in [0.2, 0.25) is 5.91 Å². The summed E-state index contributed by atoms with van der Waals surface area (Å²) in [5.74, 6) is 0.151. The molecule has 1 aliphatic heterocycles. The van der Waals surface area contributed by atoms with E-state index in [4.69, 9.17) is 14.6 Å². The molecule has 0 saturated carbocycles. The van der Waals surface area contributed by atoms with Crippen molar-refractivity contribution in [2.24, 2.45) is 5.92 Å². The average molecular weight is 245 g/mol. The van der Waals surface area contributed by atoms with E-state index < -0.39 is 0 Å². The lowest BCUT2D eigenvalue weighted by Gasteiger charge is -2.25. The first kappa shape index (κ1) is 14.4. The van der Waals surface area contributed by atoms with Gasteiger partial charge in [0.1, 0.15) is 0 Å². The number of hydrogen-bond acceptors (Lipinski definition) is 4. The third-order valence-corrected chi connectivity index (χ3v) is 3.13. The number of carbonyl (C=O) groups excluding carboxylic acids is 1. The maximum absolute atomic E-state index is 12.2. The lowest BCUT2D eigenvalue weighted by atomic mass is 10.0. The number of likely N-dealkylation sites (N-methyl/N-ethyl adjacent to an activating group) is 1. The Balaban J connectivity index is 2.35. The van der Waals surface area contributed by atoms with Crippen LogP contribution in [0.15, 0.2) is 0 Å². The highest BCUT2D eigenvalue weighted by Gasteiger charge is 2.33. The normalized spacial score (nSPS) is 23.9. The molecule has 0 aromatic heterocycles. The maximum atomic E-state index is 12.2. The van der Waals surface area contributed by atoms with E-state index in [2.05, 4.69) is 0 Å². The Bertz CT molecular complexity index is 235. The summed E-state index contributed by atoms with van der Waals surface area (Å²) < 4.78 is 10.6. The average Bonchev–Trinajstić information content (AvgIpc) is 2.75. The van der Waals surface area contributed by atoms with Crippen molar-refractivity contribution in [2.75, 3.05) is 39.5 Å². The van der Waals surface area contributed by atoms with E-state index in [1.54, 1.807) is 4.90 Å². The van der Waals surface area contributed by atoms with Crippen LogP contribution in [0.25, 0.3) is 0 Å². The molecule has 1 saturated heterocycles. The second kappa shape index (κ2) is 7.63. The molecule has 0 spiro atoms. The third-order valence-electron chi connectivity index (χ3n) is 3.13. The number of amides is 1. The molecule has 100 valence electrons. The summed E-state index contributed by atoms with van der Waals surface area (Å²) in [6.07, 6.45) is 0.837. The molecule has 17 heavy (non-hydrogen) atoms. The minimum absolute atomic E-state index is 0.00667. The van der Waals surface area contributed by atoms with E-state index in [-0.39, 0.29) is 24.5 Å². The lowest BCUT2D eigenvalue weighted by molar-refractivity contribution is -0.137. The van der Waals surface area contributed by atoms with Gasteiger partial charge in [-0.1, -0.05) is 0 Å². The van der Waals surface area contributed by atoms with Crippen molar-refractivity contribution in [1.29, 1.82) is 0 Å². The summed E-state index contributed by atoms with van der Waals surface area (Å²) in [5.41, 5.74) is 0. The Morgan fingerprint density at radius 1 is 1.53 bits per heavy atom. The van der Waals surface area contributed by atoms with Gasteiger partial charge in [-0.3, -0.25) is 4.79 Å². The molecule has 0 aromatic rings. The summed E-state index contributed by atoms with van der Waals surface area (Å²) in [6.45, 7) is 6.68. The third kappa shape index (κ3) is 4.26. The Morgan fingerprint density at radius 3 is 2.82 bits per heavy atom. The van der Waals surface area contributed by atoms with Crippen molar-refractivity contribution in [3.8, 4) is 0 Å². The van der Waals surface area contributed by atoms with Crippen LogP contribution >= 0.6 is 0 Å². The van der Waals surface area contributed by atoms with Gasteiger partial charge in [-0.15, -0.1) is 0 Å². The highest BCUT2D eigenvalue weighted by atomic mass is 16.5. The fourth-order valence-corrected chi connectivity index (χ4v) is 2.06. The van der Waals surface area contributed by atoms with Crippen molar-refractivity contribution >= 4 is 5.91 Å². The molecular formula is C12H23NO4. The molecule has 5 heteroatoms. The van der Waals surface area contributed by atoms with E-state index in [0.717, 1.165) is 6.42 Å². The summed E-state index contributed by atoms with van der Waals surface area (Å²) >= 11 is 0. The van der Waals surface area contributed by atoms with Crippen molar-refractivity contribution in [2.45, 2.75) is 26.4 Å². The summed E-state index contributed by atoms with van der Waals surface area (Å²) in [7, 11) is 0. The van der Waals surface area contributed by atoms with Gasteiger partial charge < -0.3 is 19.5 Å². The SMILES string of the molecule is CCN(CCOCCO)C(=O)C1CCOC1C. The standard InChI is InChI=1S/C12H23NO4/c1-3-13(5-8-16-9-6-14)12(15)11-4-7-17-10(11)2/h10-11,14H,3-9H2,1-2H3. The molecule has 1 aliphatic rings. The minimum Gasteiger partial charge on any atom is -0.394 e. The second-order valence-corrected chi connectivity index (χ2v) is 4.22. The molecule has 0 aromatic carbocycles. The van der Waals surface area contributed by atoms with E-state index in [1.807, 2.05) is 13.8 Å². The molecule has 0 bridgehead atoms. The van der Waals surface area contributed by atoms with Crippen LogP contribution in [0.2, 0.25) is 0 Å². The van der Waals surface area contributed by atoms with Crippen molar-refractivity contribution in [3.05, 3.63) is 0 Å². The Kier molecular flexibility index (Phi) is 6.47. The van der Waals surface area contributed by atoms with Crippen LogP contribution in [-0.4, -0.2) is 61.5 Å². The minimum atomic E-state index is -0.00667. The number of aliphatic hydroxyl groups excluding tert-OH is 1. The van der Waals surface area contributed by atoms with Gasteiger partial charge in [0.05, 0.1) is 31.8 Å². The Labute approximate surface area is 103 Å². The van der Waals surface area contributed by atoms with E-state index in [9.17, 15) is 4.79 Å². The van der Waals surface area contributed by atoms with Gasteiger partial charge in [-0.05, 0) is 20.3 Å². The molecule has 2 unspecified atom stereocenters. The first-order chi connectivity index (χ1) is 8.20. The van der Waals surface area contributed by atoms with Crippen LogP contribution in [0, 0.1) is 5.92 Å². The van der Waals surface area contributed by atoms with Crippen LogP contribution in [0.5, 0.6) is 0 Å². The zero-order valence-corrected chi connectivity index (χ0v) is 10.7. The molecule has 1 N–H and O–H groups in total. The summed E-state index contributed by atoms with van der Waals surface area (Å²) in [4.78, 5) is 14.0. The van der Waals surface area contributed by atoms with E-state index >= 15 is 0 Å². The lowest BCUT2D eigenvalue weighted by Crippen LogP contribution is -2.40. The van der Waals surface area contributed by atoms with Gasteiger partial charge >= 0.3 is 0 Å². The van der Waals surface area contributed by atoms with Crippen LogP contribution in [-0.2, 0) is 14.3 Å². The van der Waals surface area contributed by atoms with Crippen molar-refractivity contribution in [1.82, 2.24) is 4.90 Å². The molecule has 1 rings (SSSR count). The number of ether oxygens (including phenoxy) is 2. The highest BCUT2D eigenvalue weighted by Crippen LogP contribution is 2.22. The number of aliphatic hydroxyl groups is 1. The first-order valence-corrected chi connectivity index (χ1v) is 6.29. The van der Waals surface area contributed by atoms with Gasteiger partial charge in [-0.25, -0.2) is 0 Å². The monoisotopic (exact) mass is 245 g/mol. The second-order valence-electron chi connectivity index (χ2n) is 4.22. The zero-order chi connectivity index (χ0) is 12.7. The van der Waals surface area contributed by atoms with E-state index in [1.165, 1.54) is 0 Å². The quantitative estimate of drug-likeness (QED) is 0.654. The van der Waals surface area contributed by atoms with E-state index in [0.29, 0.717) is 32.9 Å². The van der Waals surface area contributed by atoms with Crippen LogP contribution in [0.1, 0.15) is 20.3 Å². The van der Waals surface area contributed by atoms with Gasteiger partial charge in [0, 0.05) is 19.7 Å². The largest absolute Gasteiger partial charge is 0.394 e. The molecule has 1 amide bonds. The van der Waals surface area contributed by atoms with Crippen LogP contribution in [0.3, 0.4) is 0 Å². The molecule has 0 radical (unpaired) electrons. The maximum Gasteiger partial charge on any atom is 0.228 e.